The molecular formula is C4H9N4O+. The van der Waals surface area contributed by atoms with E-state index in [2.05, 4.69) is 10.3 Å². The van der Waals surface area contributed by atoms with Gasteiger partial charge in [0.05, 0.1) is 7.05 Å². The Labute approximate surface area is 52.5 Å². The van der Waals surface area contributed by atoms with Gasteiger partial charge in [0.1, 0.15) is 0 Å². The molecule has 1 heterocycles. The highest BCUT2D eigenvalue weighted by molar-refractivity contribution is 5.88. The van der Waals surface area contributed by atoms with E-state index in [0.29, 0.717) is 0 Å². The zero-order valence-corrected chi connectivity index (χ0v) is 5.07. The van der Waals surface area contributed by atoms with Crippen LogP contribution >= 0.6 is 0 Å². The fraction of sp³-hybridized carbons (Fsp3) is 0.500. The molecule has 4 N–H and O–H groups in total. The molecule has 0 aromatic carbocycles. The molecular weight excluding hydrogens is 120 g/mol. The lowest BCUT2D eigenvalue weighted by atomic mass is 10.7. The van der Waals surface area contributed by atoms with Crippen LogP contribution in [-0.2, 0) is 0 Å². The van der Waals surface area contributed by atoms with Crippen LogP contribution < -0.4 is 11.1 Å². The van der Waals surface area contributed by atoms with E-state index < -0.39 is 6.35 Å². The molecule has 5 heteroatoms. The van der Waals surface area contributed by atoms with Gasteiger partial charge in [-0.1, -0.05) is 0 Å². The van der Waals surface area contributed by atoms with Crippen LogP contribution in [0.25, 0.3) is 0 Å². The SMILES string of the molecule is C[N+]1=CNC(N)=NC1O. The number of aliphatic hydroxyl groups excluding tert-OH is 1. The number of hydrogen-bond acceptors (Lipinski definition) is 4. The molecule has 0 aromatic heterocycles. The van der Waals surface area contributed by atoms with E-state index in [1.807, 2.05) is 0 Å². The number of nitrogens with two attached hydrogens (primary N) is 1. The maximum atomic E-state index is 8.94. The van der Waals surface area contributed by atoms with Gasteiger partial charge >= 0.3 is 0 Å². The summed E-state index contributed by atoms with van der Waals surface area (Å²) in [5.74, 6) is 0.237. The topological polar surface area (TPSA) is 73.7 Å². The average Bonchev–Trinajstić information content (AvgIpc) is 1.80. The Morgan fingerprint density at radius 1 is 2.00 bits per heavy atom. The van der Waals surface area contributed by atoms with Gasteiger partial charge in [0, 0.05) is 0 Å². The first kappa shape index (κ1) is 6.03. The zero-order chi connectivity index (χ0) is 6.85. The van der Waals surface area contributed by atoms with Gasteiger partial charge in [-0.2, -0.15) is 4.99 Å². The van der Waals surface area contributed by atoms with Crippen molar-refractivity contribution in [1.82, 2.24) is 5.32 Å². The van der Waals surface area contributed by atoms with Gasteiger partial charge < -0.3 is 10.8 Å². The Hall–Kier alpha value is -1.10. The summed E-state index contributed by atoms with van der Waals surface area (Å²) in [7, 11) is 1.69. The minimum Gasteiger partial charge on any atom is -0.350 e. The number of aliphatic imine (C=N–C) groups is 1. The van der Waals surface area contributed by atoms with E-state index in [1.165, 1.54) is 4.58 Å². The highest BCUT2D eigenvalue weighted by atomic mass is 16.3. The zero-order valence-electron chi connectivity index (χ0n) is 5.07. The first-order valence-electron chi connectivity index (χ1n) is 2.53. The summed E-state index contributed by atoms with van der Waals surface area (Å²) in [6.07, 6.45) is 0.707. The Morgan fingerprint density at radius 2 is 2.67 bits per heavy atom. The van der Waals surface area contributed by atoms with Crippen LogP contribution in [0.3, 0.4) is 0 Å². The number of guanidine groups is 1. The van der Waals surface area contributed by atoms with E-state index >= 15 is 0 Å². The van der Waals surface area contributed by atoms with Gasteiger partial charge in [-0.05, 0) is 0 Å². The van der Waals surface area contributed by atoms with Crippen LogP contribution in [-0.4, -0.2) is 35.4 Å². The van der Waals surface area contributed by atoms with Crippen molar-refractivity contribution in [2.45, 2.75) is 6.35 Å². The lowest BCUT2D eigenvalue weighted by Gasteiger charge is -2.08. The Kier molecular flexibility index (Phi) is 1.35. The molecule has 0 saturated heterocycles. The van der Waals surface area contributed by atoms with E-state index in [1.54, 1.807) is 13.4 Å². The van der Waals surface area contributed by atoms with Crippen molar-refractivity contribution in [3.05, 3.63) is 0 Å². The van der Waals surface area contributed by atoms with Crippen molar-refractivity contribution in [2.24, 2.45) is 10.7 Å². The summed E-state index contributed by atoms with van der Waals surface area (Å²) in [5, 5.41) is 11.6. The maximum absolute atomic E-state index is 8.94. The molecule has 0 fully saturated rings. The van der Waals surface area contributed by atoms with Crippen molar-refractivity contribution in [2.75, 3.05) is 7.05 Å². The summed E-state index contributed by atoms with van der Waals surface area (Å²) in [5.41, 5.74) is 5.21. The molecule has 0 saturated carbocycles. The summed E-state index contributed by atoms with van der Waals surface area (Å²) in [6, 6.07) is 0. The van der Waals surface area contributed by atoms with Crippen LogP contribution in [0.5, 0.6) is 0 Å². The quantitative estimate of drug-likeness (QED) is 0.326. The van der Waals surface area contributed by atoms with Gasteiger partial charge in [-0.3, -0.25) is 0 Å². The third kappa shape index (κ3) is 1.17. The molecule has 0 spiro atoms. The molecule has 0 aromatic rings. The molecule has 1 aliphatic heterocycles. The minimum atomic E-state index is -0.841. The Bertz CT molecular complexity index is 173. The first-order chi connectivity index (χ1) is 4.20. The highest BCUT2D eigenvalue weighted by Gasteiger charge is 2.13. The van der Waals surface area contributed by atoms with E-state index in [0.717, 1.165) is 0 Å². The minimum absolute atomic E-state index is 0.237. The molecule has 50 valence electrons. The lowest BCUT2D eigenvalue weighted by molar-refractivity contribution is -0.580. The molecule has 1 rings (SSSR count). The van der Waals surface area contributed by atoms with Gasteiger partial charge in [0.2, 0.25) is 6.34 Å². The Balaban J connectivity index is 2.70. The van der Waals surface area contributed by atoms with Gasteiger partial charge in [-0.25, -0.2) is 9.89 Å². The molecule has 1 atom stereocenters. The summed E-state index contributed by atoms with van der Waals surface area (Å²) < 4.78 is 1.50. The Morgan fingerprint density at radius 3 is 3.11 bits per heavy atom. The molecule has 0 amide bonds. The normalized spacial score (nSPS) is 26.2. The predicted octanol–water partition coefficient (Wildman–Crippen LogP) is -2.15. The second-order valence-electron chi connectivity index (χ2n) is 1.80. The maximum Gasteiger partial charge on any atom is 0.300 e. The third-order valence-electron chi connectivity index (χ3n) is 1.03. The van der Waals surface area contributed by atoms with Crippen LogP contribution in [0.2, 0.25) is 0 Å². The molecule has 0 bridgehead atoms. The number of hydrogen-bond donors (Lipinski definition) is 3. The van der Waals surface area contributed by atoms with Crippen LogP contribution in [0, 0.1) is 0 Å². The molecule has 9 heavy (non-hydrogen) atoms. The number of nitrogens with zero attached hydrogens (tertiary/aromatic N) is 2. The van der Waals surface area contributed by atoms with Crippen LogP contribution in [0.15, 0.2) is 4.99 Å². The van der Waals surface area contributed by atoms with Crippen LogP contribution in [0.1, 0.15) is 0 Å². The summed E-state index contributed by atoms with van der Waals surface area (Å²) in [6.45, 7) is 0. The van der Waals surface area contributed by atoms with Crippen molar-refractivity contribution >= 4 is 12.3 Å². The van der Waals surface area contributed by atoms with Gasteiger partial charge in [-0.15, -0.1) is 0 Å². The van der Waals surface area contributed by atoms with E-state index in [4.69, 9.17) is 10.8 Å². The molecule has 1 unspecified atom stereocenters. The van der Waals surface area contributed by atoms with Crippen LogP contribution in [0.4, 0.5) is 0 Å². The van der Waals surface area contributed by atoms with Gasteiger partial charge in [0.25, 0.3) is 12.3 Å². The number of nitrogens with one attached hydrogen (secondary N) is 1. The van der Waals surface area contributed by atoms with Gasteiger partial charge in [0.15, 0.2) is 0 Å². The summed E-state index contributed by atoms with van der Waals surface area (Å²) >= 11 is 0. The number of rotatable bonds is 0. The third-order valence-corrected chi connectivity index (χ3v) is 1.03. The largest absolute Gasteiger partial charge is 0.350 e. The smallest absolute Gasteiger partial charge is 0.300 e. The molecule has 5 nitrogen and oxygen atoms in total. The lowest BCUT2D eigenvalue weighted by Crippen LogP contribution is -2.42. The second-order valence-corrected chi connectivity index (χ2v) is 1.80. The highest BCUT2D eigenvalue weighted by Crippen LogP contribution is 1.86. The molecule has 0 radical (unpaired) electrons. The first-order valence-corrected chi connectivity index (χ1v) is 2.53. The summed E-state index contributed by atoms with van der Waals surface area (Å²) in [4.78, 5) is 3.60. The average molecular weight is 129 g/mol. The van der Waals surface area contributed by atoms with Crippen molar-refractivity contribution < 1.29 is 9.68 Å². The number of aliphatic hydroxyl groups is 1. The molecule has 1 aliphatic rings. The van der Waals surface area contributed by atoms with E-state index in [-0.39, 0.29) is 5.96 Å². The van der Waals surface area contributed by atoms with Crippen molar-refractivity contribution in [3.8, 4) is 0 Å². The monoisotopic (exact) mass is 129 g/mol. The fourth-order valence-corrected chi connectivity index (χ4v) is 0.487. The second kappa shape index (κ2) is 2.02. The predicted molar refractivity (Wildman–Crippen MR) is 33.0 cm³/mol. The van der Waals surface area contributed by atoms with Crippen molar-refractivity contribution in [1.29, 1.82) is 0 Å². The van der Waals surface area contributed by atoms with Crippen molar-refractivity contribution in [3.63, 3.8) is 0 Å². The standard InChI is InChI=1S/C4H8N4O/c1-8-2-6-3(5)7-4(8)9/h2,4,9H,1H3,(H2,5,7)/p+1. The molecule has 0 aliphatic carbocycles. The van der Waals surface area contributed by atoms with E-state index in [9.17, 15) is 0 Å². The fourth-order valence-electron chi connectivity index (χ4n) is 0.487.